The molecule has 0 unspecified atom stereocenters. The highest BCUT2D eigenvalue weighted by Crippen LogP contribution is 2.29. The molecule has 0 aliphatic heterocycles. The second kappa shape index (κ2) is 5.96. The van der Waals surface area contributed by atoms with Crippen LogP contribution in [0.5, 0.6) is 0 Å². The number of nitrogens with zero attached hydrogens (tertiary/aromatic N) is 1. The lowest BCUT2D eigenvalue weighted by Crippen LogP contribution is -2.03. The predicted molar refractivity (Wildman–Crippen MR) is 90.3 cm³/mol. The first-order chi connectivity index (χ1) is 10.2. The third kappa shape index (κ3) is 2.71. The zero-order valence-electron chi connectivity index (χ0n) is 11.0. The van der Waals surface area contributed by atoms with Gasteiger partial charge in [0.15, 0.2) is 5.78 Å². The number of rotatable bonds is 3. The molecule has 0 amide bonds. The summed E-state index contributed by atoms with van der Waals surface area (Å²) < 4.78 is 0. The van der Waals surface area contributed by atoms with Crippen LogP contribution < -0.4 is 0 Å². The minimum Gasteiger partial charge on any atom is -0.293 e. The number of para-hydroxylation sites is 1. The van der Waals surface area contributed by atoms with Crippen molar-refractivity contribution in [1.29, 1.82) is 0 Å². The number of hydrogen-bond donors (Lipinski definition) is 0. The highest BCUT2D eigenvalue weighted by molar-refractivity contribution is 9.09. The molecule has 4 heteroatoms. The van der Waals surface area contributed by atoms with E-state index in [0.717, 1.165) is 16.6 Å². The molecule has 1 heterocycles. The molecular weight excluding hydrogens is 350 g/mol. The minimum absolute atomic E-state index is 0.0156. The number of alkyl halides is 1. The lowest BCUT2D eigenvalue weighted by Gasteiger charge is -2.09. The van der Waals surface area contributed by atoms with E-state index in [1.165, 1.54) is 0 Å². The fourth-order valence-electron chi connectivity index (χ4n) is 2.27. The van der Waals surface area contributed by atoms with Gasteiger partial charge in [-0.25, -0.2) is 4.98 Å². The van der Waals surface area contributed by atoms with Gasteiger partial charge in [0, 0.05) is 16.5 Å². The number of hydrogen-bond acceptors (Lipinski definition) is 2. The van der Waals surface area contributed by atoms with E-state index in [0.29, 0.717) is 16.1 Å². The molecule has 0 N–H and O–H groups in total. The molecule has 0 saturated carbocycles. The number of fused-ring (bicyclic) bond motifs is 1. The van der Waals surface area contributed by atoms with E-state index < -0.39 is 0 Å². The number of benzene rings is 2. The average Bonchev–Trinajstić information content (AvgIpc) is 2.54. The van der Waals surface area contributed by atoms with Crippen molar-refractivity contribution in [3.05, 3.63) is 65.2 Å². The quantitative estimate of drug-likeness (QED) is 0.478. The molecule has 0 spiro atoms. The largest absolute Gasteiger partial charge is 0.293 e. The Morgan fingerprint density at radius 1 is 1.10 bits per heavy atom. The van der Waals surface area contributed by atoms with Gasteiger partial charge in [0.05, 0.1) is 21.6 Å². The van der Waals surface area contributed by atoms with Crippen LogP contribution in [0.4, 0.5) is 0 Å². The number of halogens is 2. The maximum atomic E-state index is 12.2. The molecule has 3 rings (SSSR count). The Morgan fingerprint density at radius 2 is 1.86 bits per heavy atom. The van der Waals surface area contributed by atoms with Crippen LogP contribution in [0.25, 0.3) is 22.2 Å². The molecule has 2 nitrogen and oxygen atoms in total. The van der Waals surface area contributed by atoms with Gasteiger partial charge in [-0.3, -0.25) is 4.79 Å². The van der Waals surface area contributed by atoms with Crippen LogP contribution in [-0.4, -0.2) is 16.1 Å². The van der Waals surface area contributed by atoms with Crippen molar-refractivity contribution in [2.75, 3.05) is 5.33 Å². The van der Waals surface area contributed by atoms with Gasteiger partial charge in [0.25, 0.3) is 0 Å². The summed E-state index contributed by atoms with van der Waals surface area (Å²) in [5.41, 5.74) is 3.01. The summed E-state index contributed by atoms with van der Waals surface area (Å²) in [6.07, 6.45) is 0. The van der Waals surface area contributed by atoms with Gasteiger partial charge < -0.3 is 0 Å². The fourth-order valence-corrected chi connectivity index (χ4v) is 2.79. The smallest absolute Gasteiger partial charge is 0.174 e. The summed E-state index contributed by atoms with van der Waals surface area (Å²) in [6.45, 7) is 0. The fraction of sp³-hybridized carbons (Fsp3) is 0.0588. The predicted octanol–water partition coefficient (Wildman–Crippen LogP) is 5.13. The van der Waals surface area contributed by atoms with Crippen LogP contribution >= 0.6 is 27.5 Å². The molecule has 0 fully saturated rings. The van der Waals surface area contributed by atoms with E-state index in [1.807, 2.05) is 48.5 Å². The van der Waals surface area contributed by atoms with Gasteiger partial charge in [-0.15, -0.1) is 0 Å². The van der Waals surface area contributed by atoms with Crippen LogP contribution in [-0.2, 0) is 0 Å². The van der Waals surface area contributed by atoms with E-state index in [-0.39, 0.29) is 11.1 Å². The Labute approximate surface area is 135 Å². The van der Waals surface area contributed by atoms with Crippen LogP contribution in [0.3, 0.4) is 0 Å². The molecule has 104 valence electrons. The van der Waals surface area contributed by atoms with E-state index in [4.69, 9.17) is 11.6 Å². The monoisotopic (exact) mass is 359 g/mol. The Hall–Kier alpha value is -1.71. The van der Waals surface area contributed by atoms with Crippen molar-refractivity contribution < 1.29 is 4.79 Å². The number of carbonyl (C=O) groups is 1. The Balaban J connectivity index is 2.33. The molecule has 2 aromatic carbocycles. The first-order valence-electron chi connectivity index (χ1n) is 6.44. The van der Waals surface area contributed by atoms with Crippen molar-refractivity contribution in [3.63, 3.8) is 0 Å². The number of carbonyl (C=O) groups excluding carboxylic acids is 1. The van der Waals surface area contributed by atoms with Crippen molar-refractivity contribution in [3.8, 4) is 11.3 Å². The number of aromatic nitrogens is 1. The molecular formula is C17H11BrClNO. The third-order valence-corrected chi connectivity index (χ3v) is 4.10. The minimum atomic E-state index is 0.0156. The van der Waals surface area contributed by atoms with Gasteiger partial charge in [0.2, 0.25) is 0 Å². The van der Waals surface area contributed by atoms with Crippen molar-refractivity contribution in [1.82, 2.24) is 4.98 Å². The topological polar surface area (TPSA) is 30.0 Å². The maximum Gasteiger partial charge on any atom is 0.174 e. The summed E-state index contributed by atoms with van der Waals surface area (Å²) in [4.78, 5) is 16.8. The molecule has 1 aromatic heterocycles. The normalized spacial score (nSPS) is 10.8. The molecule has 0 bridgehead atoms. The second-order valence-electron chi connectivity index (χ2n) is 4.61. The molecule has 0 atom stereocenters. The van der Waals surface area contributed by atoms with Crippen LogP contribution in [0.15, 0.2) is 54.6 Å². The van der Waals surface area contributed by atoms with Gasteiger partial charge >= 0.3 is 0 Å². The van der Waals surface area contributed by atoms with Crippen LogP contribution in [0, 0.1) is 0 Å². The molecule has 21 heavy (non-hydrogen) atoms. The first kappa shape index (κ1) is 14.2. The Morgan fingerprint density at radius 3 is 2.57 bits per heavy atom. The van der Waals surface area contributed by atoms with Crippen LogP contribution in [0.1, 0.15) is 10.4 Å². The average molecular weight is 361 g/mol. The number of pyridine rings is 1. The standard InChI is InChI=1S/C17H11BrClNO/c18-10-16(21)13-9-15(11-5-2-1-3-6-11)20-17-12(13)7-4-8-14(17)19/h1-9H,10H2. The summed E-state index contributed by atoms with van der Waals surface area (Å²) in [5, 5.41) is 1.60. The molecule has 3 aromatic rings. The first-order valence-corrected chi connectivity index (χ1v) is 7.94. The molecule has 0 aliphatic carbocycles. The SMILES string of the molecule is O=C(CBr)c1cc(-c2ccccc2)nc2c(Cl)cccc12. The van der Waals surface area contributed by atoms with E-state index in [9.17, 15) is 4.79 Å². The van der Waals surface area contributed by atoms with Gasteiger partial charge in [-0.1, -0.05) is 70.0 Å². The molecule has 0 radical (unpaired) electrons. The maximum absolute atomic E-state index is 12.2. The van der Waals surface area contributed by atoms with Crippen molar-refractivity contribution in [2.24, 2.45) is 0 Å². The Bertz CT molecular complexity index is 818. The summed E-state index contributed by atoms with van der Waals surface area (Å²) in [5.74, 6) is 0.0156. The van der Waals surface area contributed by atoms with Gasteiger partial charge in [-0.05, 0) is 12.1 Å². The van der Waals surface area contributed by atoms with E-state index >= 15 is 0 Å². The number of Topliss-reactive ketones (excluding diaryl/α,β-unsaturated/α-hetero) is 1. The summed E-state index contributed by atoms with van der Waals surface area (Å²) in [6, 6.07) is 17.1. The van der Waals surface area contributed by atoms with E-state index in [1.54, 1.807) is 6.07 Å². The number of ketones is 1. The highest BCUT2D eigenvalue weighted by atomic mass is 79.9. The van der Waals surface area contributed by atoms with Gasteiger partial charge in [-0.2, -0.15) is 0 Å². The van der Waals surface area contributed by atoms with Crippen molar-refractivity contribution in [2.45, 2.75) is 0 Å². The summed E-state index contributed by atoms with van der Waals surface area (Å²) in [7, 11) is 0. The Kier molecular flexibility index (Phi) is 4.04. The second-order valence-corrected chi connectivity index (χ2v) is 5.58. The zero-order chi connectivity index (χ0) is 14.8. The van der Waals surface area contributed by atoms with E-state index in [2.05, 4.69) is 20.9 Å². The lowest BCUT2D eigenvalue weighted by atomic mass is 10.0. The van der Waals surface area contributed by atoms with Crippen molar-refractivity contribution >= 4 is 44.2 Å². The molecule has 0 aliphatic rings. The highest BCUT2D eigenvalue weighted by Gasteiger charge is 2.14. The zero-order valence-corrected chi connectivity index (χ0v) is 13.4. The lowest BCUT2D eigenvalue weighted by molar-refractivity contribution is 0.102. The summed E-state index contributed by atoms with van der Waals surface area (Å²) >= 11 is 9.48. The van der Waals surface area contributed by atoms with Gasteiger partial charge in [0.1, 0.15) is 0 Å². The van der Waals surface area contributed by atoms with Crippen LogP contribution in [0.2, 0.25) is 5.02 Å². The third-order valence-electron chi connectivity index (χ3n) is 3.28. The molecule has 0 saturated heterocycles.